The molecule has 2 aromatic carbocycles. The summed E-state index contributed by atoms with van der Waals surface area (Å²) in [5, 5.41) is 6.22. The molecule has 154 valence electrons. The van der Waals surface area contributed by atoms with E-state index < -0.39 is 0 Å². The number of nitrogens with one attached hydrogen (secondary N) is 1. The van der Waals surface area contributed by atoms with E-state index in [1.807, 2.05) is 0 Å². The Hall–Kier alpha value is -1.63. The molecule has 4 nitrogen and oxygen atoms in total. The van der Waals surface area contributed by atoms with E-state index in [9.17, 15) is 4.79 Å². The van der Waals surface area contributed by atoms with Crippen molar-refractivity contribution >= 4 is 35.6 Å². The van der Waals surface area contributed by atoms with Gasteiger partial charge in [-0.25, -0.2) is 0 Å². The molecular formula is C24H25N3OW2. The van der Waals surface area contributed by atoms with Gasteiger partial charge in [0.2, 0.25) is 0 Å². The van der Waals surface area contributed by atoms with Crippen molar-refractivity contribution in [2.24, 2.45) is 5.73 Å². The molecule has 0 radical (unpaired) electrons. The van der Waals surface area contributed by atoms with Gasteiger partial charge in [-0.3, -0.25) is 0 Å². The van der Waals surface area contributed by atoms with Crippen molar-refractivity contribution in [1.82, 2.24) is 9.88 Å². The van der Waals surface area contributed by atoms with Crippen LogP contribution in [-0.4, -0.2) is 24.4 Å². The van der Waals surface area contributed by atoms with Crippen LogP contribution >= 0.6 is 0 Å². The van der Waals surface area contributed by atoms with Gasteiger partial charge in [-0.05, 0) is 0 Å². The molecule has 1 amide bonds. The van der Waals surface area contributed by atoms with Crippen molar-refractivity contribution in [3.05, 3.63) is 59.8 Å². The fourth-order valence-electron chi connectivity index (χ4n) is 4.40. The molecule has 6 heteroatoms. The minimum atomic E-state index is -0.333. The van der Waals surface area contributed by atoms with Crippen LogP contribution in [0.2, 0.25) is 0 Å². The van der Waals surface area contributed by atoms with Crippen molar-refractivity contribution in [2.45, 2.75) is 45.1 Å². The van der Waals surface area contributed by atoms with Crippen LogP contribution in [0.3, 0.4) is 0 Å². The molecule has 4 rings (SSSR count). The number of allylic oxidation sites excluding steroid dienone is 1. The van der Waals surface area contributed by atoms with Crippen LogP contribution in [0.4, 0.5) is 0 Å². The summed E-state index contributed by atoms with van der Waals surface area (Å²) in [5.74, 6) is -0.333. The number of carbonyl (C=O) groups is 1. The Morgan fingerprint density at radius 3 is 2.50 bits per heavy atom. The van der Waals surface area contributed by atoms with Gasteiger partial charge in [0.05, 0.1) is 0 Å². The van der Waals surface area contributed by atoms with E-state index in [2.05, 4.69) is 65.3 Å². The van der Waals surface area contributed by atoms with Gasteiger partial charge in [-0.1, -0.05) is 0 Å². The first kappa shape index (κ1) is 21.6. The number of hydrogen-bond donors (Lipinski definition) is 2. The van der Waals surface area contributed by atoms with E-state index in [1.165, 1.54) is 66.0 Å². The number of amides is 1. The second-order valence-electron chi connectivity index (χ2n) is 7.89. The molecule has 3 N–H and O–H groups in total. The standard InChI is InChI=1S/C24H25N3O.2W/c1-17-8-7-13-22-24(17)20-11-5-6-12-21(20)27(22)15-14-19(16-23(25)28)26-18-9-3-2-4-10-18;;/h5-8,11-14,18,26H,2-4,9-10H2,1H3,(H2,25,28);;/b19-14+;;. The van der Waals surface area contributed by atoms with E-state index >= 15 is 0 Å². The number of nitrogens with two attached hydrogens (primary N) is 1. The summed E-state index contributed by atoms with van der Waals surface area (Å²) in [4.78, 5) is 12.0. The average Bonchev–Trinajstić information content (AvgIpc) is 3.09. The summed E-state index contributed by atoms with van der Waals surface area (Å²) >= 11 is 2.46. The van der Waals surface area contributed by atoms with Crippen LogP contribution in [0.25, 0.3) is 21.8 Å². The van der Waals surface area contributed by atoms with Gasteiger partial charge in [0.25, 0.3) is 0 Å². The molecule has 1 aliphatic carbocycles. The number of para-hydroxylation sites is 1. The fraction of sp³-hybridized carbons (Fsp3) is 0.292. The Bertz CT molecular complexity index is 1190. The predicted octanol–water partition coefficient (Wildman–Crippen LogP) is 3.64. The van der Waals surface area contributed by atoms with Gasteiger partial charge >= 0.3 is 200 Å². The van der Waals surface area contributed by atoms with Crippen LogP contribution in [-0.2, 0) is 43.5 Å². The molecule has 1 heterocycles. The molecule has 0 saturated heterocycles. The van der Waals surface area contributed by atoms with Gasteiger partial charge < -0.3 is 0 Å². The van der Waals surface area contributed by atoms with E-state index in [0.29, 0.717) is 9.94 Å². The summed E-state index contributed by atoms with van der Waals surface area (Å²) in [6.07, 6.45) is 8.24. The summed E-state index contributed by atoms with van der Waals surface area (Å²) in [5.41, 5.74) is 10.3. The van der Waals surface area contributed by atoms with Gasteiger partial charge in [0, 0.05) is 0 Å². The number of nitrogens with zero attached hydrogens (tertiary/aromatic N) is 1. The number of rotatable bonds is 6. The molecule has 0 spiro atoms. The second-order valence-corrected chi connectivity index (χ2v) is 10.9. The first-order valence-electron chi connectivity index (χ1n) is 10.3. The van der Waals surface area contributed by atoms with Gasteiger partial charge in [-0.2, -0.15) is 0 Å². The van der Waals surface area contributed by atoms with Crippen molar-refractivity contribution in [1.29, 1.82) is 0 Å². The number of primary amides is 1. The third-order valence-corrected chi connectivity index (χ3v) is 8.42. The number of hydrogen-bond acceptors (Lipinski definition) is 2. The summed E-state index contributed by atoms with van der Waals surface area (Å²) in [6.45, 7) is 2.17. The molecular weight excluding hydrogens is 714 g/mol. The fourth-order valence-corrected chi connectivity index (χ4v) is 5.95. The predicted molar refractivity (Wildman–Crippen MR) is 117 cm³/mol. The first-order chi connectivity index (χ1) is 14.5. The van der Waals surface area contributed by atoms with Gasteiger partial charge in [0.1, 0.15) is 0 Å². The number of aryl methyl sites for hydroxylation is 1. The molecule has 1 aliphatic rings. The number of benzene rings is 2. The third-order valence-electron chi connectivity index (χ3n) is 5.83. The summed E-state index contributed by atoms with van der Waals surface area (Å²) < 4.78 is 4.17. The molecule has 1 aromatic heterocycles. The Morgan fingerprint density at radius 2 is 1.77 bits per heavy atom. The SMILES string of the molecule is Cc1cccc2c1c1ccccc1n2[C](=[W])/C=C(/NC1CCCCC1)[C](=[W])C(N)=O. The second kappa shape index (κ2) is 9.24. The number of fused-ring (bicyclic) bond motifs is 3. The number of aromatic nitrogens is 1. The Morgan fingerprint density at radius 1 is 1.07 bits per heavy atom. The normalized spacial score (nSPS) is 15.4. The quantitative estimate of drug-likeness (QED) is 0.406. The van der Waals surface area contributed by atoms with E-state index in [1.54, 1.807) is 0 Å². The van der Waals surface area contributed by atoms with Gasteiger partial charge in [0.15, 0.2) is 0 Å². The zero-order chi connectivity index (χ0) is 21.3. The van der Waals surface area contributed by atoms with Gasteiger partial charge in [-0.15, -0.1) is 0 Å². The van der Waals surface area contributed by atoms with Crippen LogP contribution in [0.1, 0.15) is 37.7 Å². The average molecular weight is 739 g/mol. The molecule has 0 bridgehead atoms. The molecule has 30 heavy (non-hydrogen) atoms. The minimum absolute atomic E-state index is 0.333. The van der Waals surface area contributed by atoms with Crippen molar-refractivity contribution in [3.8, 4) is 0 Å². The molecule has 3 aromatic rings. The van der Waals surface area contributed by atoms with Crippen molar-refractivity contribution in [3.63, 3.8) is 0 Å². The molecule has 0 aliphatic heterocycles. The van der Waals surface area contributed by atoms with Crippen LogP contribution in [0.5, 0.6) is 0 Å². The van der Waals surface area contributed by atoms with Crippen molar-refractivity contribution in [2.75, 3.05) is 0 Å². The molecule has 0 atom stereocenters. The molecule has 1 fully saturated rings. The van der Waals surface area contributed by atoms with E-state index in [-0.39, 0.29) is 5.91 Å². The van der Waals surface area contributed by atoms with Crippen LogP contribution in [0.15, 0.2) is 54.2 Å². The van der Waals surface area contributed by atoms with Crippen LogP contribution in [0, 0.1) is 6.92 Å². The van der Waals surface area contributed by atoms with E-state index in [4.69, 9.17) is 5.73 Å². The maximum atomic E-state index is 12.0. The van der Waals surface area contributed by atoms with Crippen LogP contribution < -0.4 is 11.1 Å². The topological polar surface area (TPSA) is 60.1 Å². The molecule has 1 saturated carbocycles. The summed E-state index contributed by atoms with van der Waals surface area (Å²) in [6, 6.07) is 15.4. The monoisotopic (exact) mass is 739 g/mol. The summed E-state index contributed by atoms with van der Waals surface area (Å²) in [7, 11) is 0. The van der Waals surface area contributed by atoms with Crippen molar-refractivity contribution < 1.29 is 43.5 Å². The molecule has 0 unspecified atom stereocenters. The Kier molecular flexibility index (Phi) is 6.65. The zero-order valence-electron chi connectivity index (χ0n) is 17.0. The number of carbonyl (C=O) groups excluding carboxylic acids is 1. The zero-order valence-corrected chi connectivity index (χ0v) is 22.8. The Balaban J connectivity index is 1.82. The third kappa shape index (κ3) is 4.23. The first-order valence-corrected chi connectivity index (χ1v) is 13.3. The maximum absolute atomic E-state index is 12.0. The Labute approximate surface area is 198 Å². The van der Waals surface area contributed by atoms with E-state index in [0.717, 1.165) is 41.9 Å².